The van der Waals surface area contributed by atoms with Crippen LogP contribution in [0, 0.1) is 6.92 Å². The Hall–Kier alpha value is -2.07. The number of morpholine rings is 1. The molecule has 3 rings (SSSR count). The zero-order valence-electron chi connectivity index (χ0n) is 11.4. The molecule has 104 valence electrons. The lowest BCUT2D eigenvalue weighted by Gasteiger charge is -2.33. The minimum absolute atomic E-state index is 0.0659. The summed E-state index contributed by atoms with van der Waals surface area (Å²) in [5.41, 5.74) is 2.33. The number of ether oxygens (including phenoxy) is 1. The Morgan fingerprint density at radius 1 is 1.25 bits per heavy atom. The summed E-state index contributed by atoms with van der Waals surface area (Å²) < 4.78 is 11.0. The Bertz CT molecular complexity index is 592. The highest BCUT2D eigenvalue weighted by molar-refractivity contribution is 5.91. The lowest BCUT2D eigenvalue weighted by molar-refractivity contribution is -0.0240. The first-order chi connectivity index (χ1) is 9.75. The quantitative estimate of drug-likeness (QED) is 0.843. The molecule has 0 radical (unpaired) electrons. The smallest absolute Gasteiger partial charge is 0.289 e. The molecule has 0 N–H and O–H groups in total. The summed E-state index contributed by atoms with van der Waals surface area (Å²) in [6.45, 7) is 3.77. The van der Waals surface area contributed by atoms with E-state index in [2.05, 4.69) is 19.1 Å². The summed E-state index contributed by atoms with van der Waals surface area (Å²) in [7, 11) is 0. The number of carbonyl (C=O) groups is 1. The Labute approximate surface area is 118 Å². The van der Waals surface area contributed by atoms with E-state index in [0.29, 0.717) is 25.5 Å². The number of hydrogen-bond acceptors (Lipinski definition) is 3. The maximum Gasteiger partial charge on any atom is 0.289 e. The van der Waals surface area contributed by atoms with Crippen LogP contribution in [0.4, 0.5) is 0 Å². The van der Waals surface area contributed by atoms with Crippen LogP contribution < -0.4 is 0 Å². The molecule has 0 saturated carbocycles. The van der Waals surface area contributed by atoms with Gasteiger partial charge in [-0.3, -0.25) is 4.79 Å². The standard InChI is InChI=1S/C16H17NO3/c1-12-5-2-3-6-13(12)15-11-17(8-10-20-15)16(18)14-7-4-9-19-14/h2-7,9,15H,8,10-11H2,1H3/t15-/m1/s1. The normalized spacial score (nSPS) is 19.1. The van der Waals surface area contributed by atoms with Crippen molar-refractivity contribution in [2.24, 2.45) is 0 Å². The van der Waals surface area contributed by atoms with Crippen LogP contribution in [0.25, 0.3) is 0 Å². The summed E-state index contributed by atoms with van der Waals surface area (Å²) >= 11 is 0. The van der Waals surface area contributed by atoms with Gasteiger partial charge >= 0.3 is 0 Å². The Morgan fingerprint density at radius 2 is 2.10 bits per heavy atom. The van der Waals surface area contributed by atoms with Crippen LogP contribution in [0.3, 0.4) is 0 Å². The minimum atomic E-state index is -0.0723. The molecule has 0 spiro atoms. The van der Waals surface area contributed by atoms with Crippen LogP contribution in [-0.4, -0.2) is 30.5 Å². The second-order valence-electron chi connectivity index (χ2n) is 4.94. The number of nitrogens with zero attached hydrogens (tertiary/aromatic N) is 1. The first kappa shape index (κ1) is 12.9. The predicted molar refractivity (Wildman–Crippen MR) is 74.5 cm³/mol. The van der Waals surface area contributed by atoms with Gasteiger partial charge in [0.2, 0.25) is 0 Å². The Kier molecular flexibility index (Phi) is 3.56. The van der Waals surface area contributed by atoms with Gasteiger partial charge in [-0.25, -0.2) is 0 Å². The SMILES string of the molecule is Cc1ccccc1[C@H]1CN(C(=O)c2ccco2)CCO1. The number of benzene rings is 1. The molecule has 0 bridgehead atoms. The fourth-order valence-electron chi connectivity index (χ4n) is 2.53. The van der Waals surface area contributed by atoms with Gasteiger partial charge in [-0.1, -0.05) is 24.3 Å². The predicted octanol–water partition coefficient (Wildman–Crippen LogP) is 2.80. The van der Waals surface area contributed by atoms with Crippen molar-refractivity contribution in [2.75, 3.05) is 19.7 Å². The third kappa shape index (κ3) is 2.47. The van der Waals surface area contributed by atoms with Gasteiger partial charge in [0.15, 0.2) is 5.76 Å². The maximum atomic E-state index is 12.3. The molecule has 1 aromatic heterocycles. The molecular weight excluding hydrogens is 254 g/mol. The molecule has 0 aliphatic carbocycles. The average Bonchev–Trinajstić information content (AvgIpc) is 3.01. The fraction of sp³-hybridized carbons (Fsp3) is 0.312. The largest absolute Gasteiger partial charge is 0.459 e. The third-order valence-corrected chi connectivity index (χ3v) is 3.62. The van der Waals surface area contributed by atoms with E-state index in [4.69, 9.17) is 9.15 Å². The highest BCUT2D eigenvalue weighted by Gasteiger charge is 2.27. The van der Waals surface area contributed by atoms with Crippen LogP contribution in [0.2, 0.25) is 0 Å². The van der Waals surface area contributed by atoms with Gasteiger partial charge in [-0.15, -0.1) is 0 Å². The van der Waals surface area contributed by atoms with Crippen molar-refractivity contribution in [3.05, 3.63) is 59.5 Å². The maximum absolute atomic E-state index is 12.3. The van der Waals surface area contributed by atoms with Gasteiger partial charge in [-0.2, -0.15) is 0 Å². The second-order valence-corrected chi connectivity index (χ2v) is 4.94. The molecule has 4 heteroatoms. The minimum Gasteiger partial charge on any atom is -0.459 e. The Morgan fingerprint density at radius 3 is 2.85 bits per heavy atom. The van der Waals surface area contributed by atoms with E-state index in [9.17, 15) is 4.79 Å². The summed E-state index contributed by atoms with van der Waals surface area (Å²) in [6, 6.07) is 11.5. The van der Waals surface area contributed by atoms with Crippen molar-refractivity contribution in [3.8, 4) is 0 Å². The van der Waals surface area contributed by atoms with Gasteiger partial charge < -0.3 is 14.1 Å². The fourth-order valence-corrected chi connectivity index (χ4v) is 2.53. The van der Waals surface area contributed by atoms with E-state index in [1.54, 1.807) is 17.0 Å². The summed E-state index contributed by atoms with van der Waals surface area (Å²) in [5.74, 6) is 0.312. The topological polar surface area (TPSA) is 42.7 Å². The van der Waals surface area contributed by atoms with E-state index in [1.807, 2.05) is 12.1 Å². The Balaban J connectivity index is 1.77. The molecule has 1 aliphatic rings. The lowest BCUT2D eigenvalue weighted by atomic mass is 10.0. The van der Waals surface area contributed by atoms with Crippen molar-refractivity contribution in [3.63, 3.8) is 0 Å². The molecule has 1 amide bonds. The van der Waals surface area contributed by atoms with Crippen LogP contribution in [0.5, 0.6) is 0 Å². The molecule has 1 fully saturated rings. The van der Waals surface area contributed by atoms with E-state index in [1.165, 1.54) is 11.8 Å². The van der Waals surface area contributed by atoms with Crippen molar-refractivity contribution >= 4 is 5.91 Å². The zero-order valence-corrected chi connectivity index (χ0v) is 11.4. The third-order valence-electron chi connectivity index (χ3n) is 3.62. The van der Waals surface area contributed by atoms with Crippen molar-refractivity contribution in [2.45, 2.75) is 13.0 Å². The van der Waals surface area contributed by atoms with Crippen LogP contribution in [0.15, 0.2) is 47.1 Å². The van der Waals surface area contributed by atoms with Gasteiger partial charge in [0.25, 0.3) is 5.91 Å². The summed E-state index contributed by atoms with van der Waals surface area (Å²) in [6.07, 6.45) is 1.45. The highest BCUT2D eigenvalue weighted by atomic mass is 16.5. The average molecular weight is 271 g/mol. The van der Waals surface area contributed by atoms with Gasteiger partial charge in [-0.05, 0) is 30.2 Å². The molecule has 1 saturated heterocycles. The molecule has 4 nitrogen and oxygen atoms in total. The number of aryl methyl sites for hydroxylation is 1. The van der Waals surface area contributed by atoms with E-state index in [-0.39, 0.29) is 12.0 Å². The summed E-state index contributed by atoms with van der Waals surface area (Å²) in [4.78, 5) is 14.1. The van der Waals surface area contributed by atoms with E-state index < -0.39 is 0 Å². The number of rotatable bonds is 2. The first-order valence-corrected chi connectivity index (χ1v) is 6.75. The van der Waals surface area contributed by atoms with Gasteiger partial charge in [0.05, 0.1) is 19.4 Å². The molecule has 1 aromatic carbocycles. The highest BCUT2D eigenvalue weighted by Crippen LogP contribution is 2.25. The molecule has 20 heavy (non-hydrogen) atoms. The van der Waals surface area contributed by atoms with Crippen molar-refractivity contribution in [1.82, 2.24) is 4.90 Å². The number of amides is 1. The molecule has 2 heterocycles. The molecule has 2 aromatic rings. The van der Waals surface area contributed by atoms with Crippen molar-refractivity contribution < 1.29 is 13.9 Å². The lowest BCUT2D eigenvalue weighted by Crippen LogP contribution is -2.42. The second kappa shape index (κ2) is 5.51. The number of furan rings is 1. The van der Waals surface area contributed by atoms with Crippen LogP contribution in [-0.2, 0) is 4.74 Å². The van der Waals surface area contributed by atoms with Crippen LogP contribution in [0.1, 0.15) is 27.8 Å². The molecule has 1 atom stereocenters. The number of hydrogen-bond donors (Lipinski definition) is 0. The summed E-state index contributed by atoms with van der Waals surface area (Å²) in [5, 5.41) is 0. The monoisotopic (exact) mass is 271 g/mol. The molecule has 1 aliphatic heterocycles. The van der Waals surface area contributed by atoms with E-state index in [0.717, 1.165) is 5.56 Å². The number of carbonyl (C=O) groups excluding carboxylic acids is 1. The van der Waals surface area contributed by atoms with E-state index >= 15 is 0 Å². The van der Waals surface area contributed by atoms with Crippen molar-refractivity contribution in [1.29, 1.82) is 0 Å². The molecular formula is C16H17NO3. The van der Waals surface area contributed by atoms with Crippen LogP contribution >= 0.6 is 0 Å². The van der Waals surface area contributed by atoms with Gasteiger partial charge in [0.1, 0.15) is 6.10 Å². The van der Waals surface area contributed by atoms with Gasteiger partial charge in [0, 0.05) is 6.54 Å². The zero-order chi connectivity index (χ0) is 13.9. The molecule has 0 unspecified atom stereocenters. The first-order valence-electron chi connectivity index (χ1n) is 6.75.